The van der Waals surface area contributed by atoms with Gasteiger partial charge in [0.2, 0.25) is 5.91 Å². The standard InChI is InChI=1S/C20H24N2O4/c1-25-17-11-10-16(13-18(17)26-2)20(24)22-14-19(23)21-12-6-9-15-7-4-3-5-8-15/h3-5,7-8,10-11,13H,6,9,12,14H2,1-2H3,(H,21,23)(H,22,24). The molecular weight excluding hydrogens is 332 g/mol. The van der Waals surface area contributed by atoms with Crippen molar-refractivity contribution < 1.29 is 19.1 Å². The van der Waals surface area contributed by atoms with E-state index in [2.05, 4.69) is 22.8 Å². The quantitative estimate of drug-likeness (QED) is 0.675. The molecule has 0 saturated heterocycles. The van der Waals surface area contributed by atoms with Crippen LogP contribution in [0.1, 0.15) is 22.3 Å². The molecule has 0 heterocycles. The highest BCUT2D eigenvalue weighted by atomic mass is 16.5. The van der Waals surface area contributed by atoms with E-state index >= 15 is 0 Å². The van der Waals surface area contributed by atoms with Crippen LogP contribution in [0.4, 0.5) is 0 Å². The summed E-state index contributed by atoms with van der Waals surface area (Å²) in [5, 5.41) is 5.40. The number of amides is 2. The number of carbonyl (C=O) groups excluding carboxylic acids is 2. The first-order chi connectivity index (χ1) is 12.6. The number of benzene rings is 2. The Morgan fingerprint density at radius 3 is 2.35 bits per heavy atom. The van der Waals surface area contributed by atoms with Crippen molar-refractivity contribution in [2.45, 2.75) is 12.8 Å². The Hall–Kier alpha value is -3.02. The Morgan fingerprint density at radius 1 is 0.923 bits per heavy atom. The number of aryl methyl sites for hydroxylation is 1. The van der Waals surface area contributed by atoms with Gasteiger partial charge >= 0.3 is 0 Å². The molecule has 6 nitrogen and oxygen atoms in total. The number of methoxy groups -OCH3 is 2. The van der Waals surface area contributed by atoms with Crippen LogP contribution in [0, 0.1) is 0 Å². The molecule has 138 valence electrons. The van der Waals surface area contributed by atoms with Crippen molar-refractivity contribution in [3.63, 3.8) is 0 Å². The molecular formula is C20H24N2O4. The highest BCUT2D eigenvalue weighted by Crippen LogP contribution is 2.27. The van der Waals surface area contributed by atoms with Gasteiger partial charge in [-0.1, -0.05) is 30.3 Å². The summed E-state index contributed by atoms with van der Waals surface area (Å²) >= 11 is 0. The molecule has 0 aliphatic rings. The first kappa shape index (κ1) is 19.3. The van der Waals surface area contributed by atoms with Crippen LogP contribution in [0.15, 0.2) is 48.5 Å². The normalized spacial score (nSPS) is 10.1. The number of nitrogens with one attached hydrogen (secondary N) is 2. The number of rotatable bonds is 9. The minimum Gasteiger partial charge on any atom is -0.493 e. The van der Waals surface area contributed by atoms with Crippen molar-refractivity contribution in [2.24, 2.45) is 0 Å². The molecule has 0 aliphatic carbocycles. The summed E-state index contributed by atoms with van der Waals surface area (Å²) in [7, 11) is 3.03. The molecule has 2 aromatic carbocycles. The second-order valence-electron chi connectivity index (χ2n) is 5.69. The van der Waals surface area contributed by atoms with Crippen LogP contribution in [-0.2, 0) is 11.2 Å². The second kappa shape index (κ2) is 10.1. The minimum atomic E-state index is -0.342. The Labute approximate surface area is 153 Å². The first-order valence-electron chi connectivity index (χ1n) is 8.45. The summed E-state index contributed by atoms with van der Waals surface area (Å²) in [6, 6.07) is 14.9. The minimum absolute atomic E-state index is 0.0709. The van der Waals surface area contributed by atoms with E-state index in [-0.39, 0.29) is 18.4 Å². The van der Waals surface area contributed by atoms with Gasteiger partial charge < -0.3 is 20.1 Å². The Kier molecular flexibility index (Phi) is 7.49. The van der Waals surface area contributed by atoms with Crippen molar-refractivity contribution in [3.05, 3.63) is 59.7 Å². The van der Waals surface area contributed by atoms with E-state index in [0.29, 0.717) is 23.6 Å². The summed E-state index contributed by atoms with van der Waals surface area (Å²) in [5.74, 6) is 0.447. The van der Waals surface area contributed by atoms with Crippen molar-refractivity contribution in [1.29, 1.82) is 0 Å². The van der Waals surface area contributed by atoms with Gasteiger partial charge in [-0.05, 0) is 36.6 Å². The third-order valence-electron chi connectivity index (χ3n) is 3.86. The molecule has 6 heteroatoms. The zero-order valence-corrected chi connectivity index (χ0v) is 15.1. The number of carbonyl (C=O) groups is 2. The fraction of sp³-hybridized carbons (Fsp3) is 0.300. The molecule has 2 rings (SSSR count). The maximum absolute atomic E-state index is 12.1. The molecule has 0 bridgehead atoms. The molecule has 0 atom stereocenters. The van der Waals surface area contributed by atoms with E-state index in [4.69, 9.17) is 9.47 Å². The summed E-state index contributed by atoms with van der Waals surface area (Å²) in [4.78, 5) is 24.0. The average molecular weight is 356 g/mol. The summed E-state index contributed by atoms with van der Waals surface area (Å²) in [5.41, 5.74) is 1.64. The lowest BCUT2D eigenvalue weighted by Gasteiger charge is -2.10. The van der Waals surface area contributed by atoms with Gasteiger partial charge in [0.1, 0.15) is 0 Å². The molecule has 0 aromatic heterocycles. The topological polar surface area (TPSA) is 76.7 Å². The van der Waals surface area contributed by atoms with Crippen LogP contribution < -0.4 is 20.1 Å². The maximum Gasteiger partial charge on any atom is 0.251 e. The molecule has 0 fully saturated rings. The van der Waals surface area contributed by atoms with Gasteiger partial charge in [0, 0.05) is 12.1 Å². The van der Waals surface area contributed by atoms with Gasteiger partial charge in [0.25, 0.3) is 5.91 Å². The highest BCUT2D eigenvalue weighted by molar-refractivity contribution is 5.97. The Morgan fingerprint density at radius 2 is 1.65 bits per heavy atom. The number of hydrogen-bond acceptors (Lipinski definition) is 4. The van der Waals surface area contributed by atoms with Gasteiger partial charge in [0.15, 0.2) is 11.5 Å². The zero-order valence-electron chi connectivity index (χ0n) is 15.1. The zero-order chi connectivity index (χ0) is 18.8. The fourth-order valence-electron chi connectivity index (χ4n) is 2.47. The molecule has 0 spiro atoms. The van der Waals surface area contributed by atoms with Crippen LogP contribution in [0.5, 0.6) is 11.5 Å². The molecule has 2 amide bonds. The molecule has 0 radical (unpaired) electrons. The molecule has 0 unspecified atom stereocenters. The van der Waals surface area contributed by atoms with E-state index in [1.807, 2.05) is 18.2 Å². The van der Waals surface area contributed by atoms with E-state index in [1.165, 1.54) is 19.8 Å². The molecule has 2 aromatic rings. The predicted molar refractivity (Wildman–Crippen MR) is 99.7 cm³/mol. The first-order valence-corrected chi connectivity index (χ1v) is 8.45. The SMILES string of the molecule is COc1ccc(C(=O)NCC(=O)NCCCc2ccccc2)cc1OC. The third kappa shape index (κ3) is 5.81. The molecule has 0 aliphatic heterocycles. The lowest BCUT2D eigenvalue weighted by atomic mass is 10.1. The smallest absolute Gasteiger partial charge is 0.251 e. The van der Waals surface area contributed by atoms with E-state index in [9.17, 15) is 9.59 Å². The number of hydrogen-bond donors (Lipinski definition) is 2. The van der Waals surface area contributed by atoms with Gasteiger partial charge in [-0.25, -0.2) is 0 Å². The van der Waals surface area contributed by atoms with Crippen LogP contribution in [-0.4, -0.2) is 39.1 Å². The third-order valence-corrected chi connectivity index (χ3v) is 3.86. The molecule has 0 saturated carbocycles. The Balaban J connectivity index is 1.72. The highest BCUT2D eigenvalue weighted by Gasteiger charge is 2.11. The van der Waals surface area contributed by atoms with Crippen LogP contribution in [0.2, 0.25) is 0 Å². The van der Waals surface area contributed by atoms with Gasteiger partial charge in [0.05, 0.1) is 20.8 Å². The van der Waals surface area contributed by atoms with Crippen LogP contribution in [0.25, 0.3) is 0 Å². The van der Waals surface area contributed by atoms with Crippen molar-refractivity contribution >= 4 is 11.8 Å². The van der Waals surface area contributed by atoms with E-state index < -0.39 is 0 Å². The lowest BCUT2D eigenvalue weighted by Crippen LogP contribution is -2.37. The molecule has 2 N–H and O–H groups in total. The van der Waals surface area contributed by atoms with Crippen LogP contribution in [0.3, 0.4) is 0 Å². The van der Waals surface area contributed by atoms with Crippen molar-refractivity contribution in [1.82, 2.24) is 10.6 Å². The van der Waals surface area contributed by atoms with Crippen LogP contribution >= 0.6 is 0 Å². The fourth-order valence-corrected chi connectivity index (χ4v) is 2.47. The maximum atomic E-state index is 12.1. The van der Waals surface area contributed by atoms with E-state index in [1.54, 1.807) is 18.2 Å². The summed E-state index contributed by atoms with van der Waals surface area (Å²) < 4.78 is 10.3. The average Bonchev–Trinajstić information content (AvgIpc) is 2.69. The van der Waals surface area contributed by atoms with Crippen molar-refractivity contribution in [2.75, 3.05) is 27.3 Å². The van der Waals surface area contributed by atoms with Gasteiger partial charge in [-0.15, -0.1) is 0 Å². The Bertz CT molecular complexity index is 732. The van der Waals surface area contributed by atoms with Gasteiger partial charge in [-0.2, -0.15) is 0 Å². The molecule has 26 heavy (non-hydrogen) atoms. The van der Waals surface area contributed by atoms with Crippen molar-refractivity contribution in [3.8, 4) is 11.5 Å². The largest absolute Gasteiger partial charge is 0.493 e. The second-order valence-corrected chi connectivity index (χ2v) is 5.69. The number of ether oxygens (including phenoxy) is 2. The van der Waals surface area contributed by atoms with Gasteiger partial charge in [-0.3, -0.25) is 9.59 Å². The predicted octanol–water partition coefficient (Wildman–Crippen LogP) is 2.18. The lowest BCUT2D eigenvalue weighted by molar-refractivity contribution is -0.120. The summed E-state index contributed by atoms with van der Waals surface area (Å²) in [6.45, 7) is 0.498. The monoisotopic (exact) mass is 356 g/mol. The van der Waals surface area contributed by atoms with E-state index in [0.717, 1.165) is 12.8 Å². The summed E-state index contributed by atoms with van der Waals surface area (Å²) in [6.07, 6.45) is 1.75.